The summed E-state index contributed by atoms with van der Waals surface area (Å²) in [4.78, 5) is 25.3. The van der Waals surface area contributed by atoms with Gasteiger partial charge in [-0.3, -0.25) is 14.9 Å². The second-order valence-electron chi connectivity index (χ2n) is 4.03. The number of oxazole rings is 1. The average Bonchev–Trinajstić information content (AvgIpc) is 2.96. The van der Waals surface area contributed by atoms with E-state index in [-0.39, 0.29) is 12.3 Å². The molecular formula is C12H10N4O3. The van der Waals surface area contributed by atoms with Gasteiger partial charge in [0.1, 0.15) is 0 Å². The number of anilines is 1. The second kappa shape index (κ2) is 4.45. The Kier molecular flexibility index (Phi) is 2.64. The number of aromatic nitrogens is 3. The molecule has 0 bridgehead atoms. The van der Waals surface area contributed by atoms with Crippen molar-refractivity contribution in [2.45, 2.75) is 6.42 Å². The molecule has 0 radical (unpaired) electrons. The van der Waals surface area contributed by atoms with Crippen LogP contribution in [0, 0.1) is 0 Å². The first kappa shape index (κ1) is 11.3. The Morgan fingerprint density at radius 1 is 1.37 bits per heavy atom. The van der Waals surface area contributed by atoms with E-state index in [0.717, 1.165) is 5.69 Å². The molecule has 1 aromatic carbocycles. The normalized spacial score (nSPS) is 10.7. The molecule has 0 saturated heterocycles. The van der Waals surface area contributed by atoms with Crippen molar-refractivity contribution in [2.75, 3.05) is 5.32 Å². The monoisotopic (exact) mass is 258 g/mol. The van der Waals surface area contributed by atoms with Gasteiger partial charge in [-0.25, -0.2) is 4.79 Å². The number of hydrogen-bond acceptors (Lipinski definition) is 4. The molecule has 3 rings (SSSR count). The SMILES string of the molecule is O=C(Cc1ccn[nH]1)Nc1ccc2[nH]c(=O)oc2c1. The number of H-pyrrole nitrogens is 2. The molecule has 2 aromatic heterocycles. The molecule has 0 spiro atoms. The van der Waals surface area contributed by atoms with Crippen LogP contribution in [0.3, 0.4) is 0 Å². The minimum Gasteiger partial charge on any atom is -0.408 e. The van der Waals surface area contributed by atoms with Crippen LogP contribution in [0.25, 0.3) is 11.1 Å². The molecule has 3 aromatic rings. The van der Waals surface area contributed by atoms with Crippen molar-refractivity contribution in [3.05, 3.63) is 46.7 Å². The lowest BCUT2D eigenvalue weighted by molar-refractivity contribution is -0.115. The summed E-state index contributed by atoms with van der Waals surface area (Å²) in [6.45, 7) is 0. The van der Waals surface area contributed by atoms with Crippen LogP contribution in [-0.2, 0) is 11.2 Å². The van der Waals surface area contributed by atoms with Crippen molar-refractivity contribution in [2.24, 2.45) is 0 Å². The molecule has 0 fully saturated rings. The van der Waals surface area contributed by atoms with Gasteiger partial charge in [0.15, 0.2) is 5.58 Å². The fourth-order valence-electron chi connectivity index (χ4n) is 1.78. The lowest BCUT2D eigenvalue weighted by Crippen LogP contribution is -2.14. The maximum atomic E-state index is 11.8. The minimum atomic E-state index is -0.518. The molecule has 3 N–H and O–H groups in total. The number of benzene rings is 1. The van der Waals surface area contributed by atoms with Crippen molar-refractivity contribution < 1.29 is 9.21 Å². The summed E-state index contributed by atoms with van der Waals surface area (Å²) >= 11 is 0. The van der Waals surface area contributed by atoms with E-state index in [0.29, 0.717) is 16.8 Å². The standard InChI is InChI=1S/C12H10N4O3/c17-11(6-8-3-4-13-16-8)14-7-1-2-9-10(5-7)19-12(18)15-9/h1-5H,6H2,(H,13,16)(H,14,17)(H,15,18). The van der Waals surface area contributed by atoms with E-state index in [1.54, 1.807) is 30.5 Å². The van der Waals surface area contributed by atoms with Gasteiger partial charge in [-0.2, -0.15) is 5.10 Å². The van der Waals surface area contributed by atoms with Crippen LogP contribution in [0.5, 0.6) is 0 Å². The predicted molar refractivity (Wildman–Crippen MR) is 67.8 cm³/mol. The number of amides is 1. The summed E-state index contributed by atoms with van der Waals surface area (Å²) in [5, 5.41) is 9.20. The third-order valence-electron chi connectivity index (χ3n) is 2.61. The van der Waals surface area contributed by atoms with Crippen molar-refractivity contribution in [3.8, 4) is 0 Å². The van der Waals surface area contributed by atoms with Crippen LogP contribution in [0.4, 0.5) is 5.69 Å². The fourth-order valence-corrected chi connectivity index (χ4v) is 1.78. The topological polar surface area (TPSA) is 104 Å². The highest BCUT2D eigenvalue weighted by Crippen LogP contribution is 2.16. The summed E-state index contributed by atoms with van der Waals surface area (Å²) in [6, 6.07) is 6.69. The van der Waals surface area contributed by atoms with Gasteiger partial charge in [-0.1, -0.05) is 0 Å². The lowest BCUT2D eigenvalue weighted by atomic mass is 10.2. The first-order valence-electron chi connectivity index (χ1n) is 5.62. The van der Waals surface area contributed by atoms with Gasteiger partial charge in [0.05, 0.1) is 11.9 Å². The number of rotatable bonds is 3. The highest BCUT2D eigenvalue weighted by Gasteiger charge is 2.07. The van der Waals surface area contributed by atoms with Crippen LogP contribution >= 0.6 is 0 Å². The summed E-state index contributed by atoms with van der Waals surface area (Å²) in [5.74, 6) is -0.697. The number of carbonyl (C=O) groups excluding carboxylic acids is 1. The van der Waals surface area contributed by atoms with E-state index in [1.807, 2.05) is 0 Å². The predicted octanol–water partition coefficient (Wildman–Crippen LogP) is 1.03. The number of aromatic amines is 2. The largest absolute Gasteiger partial charge is 0.417 e. The molecule has 0 atom stereocenters. The Bertz CT molecular complexity index is 770. The van der Waals surface area contributed by atoms with E-state index in [9.17, 15) is 9.59 Å². The molecule has 1 amide bonds. The Labute approximate surface area is 106 Å². The van der Waals surface area contributed by atoms with E-state index in [1.165, 1.54) is 0 Å². The third-order valence-corrected chi connectivity index (χ3v) is 2.61. The lowest BCUT2D eigenvalue weighted by Gasteiger charge is -2.03. The second-order valence-corrected chi connectivity index (χ2v) is 4.03. The van der Waals surface area contributed by atoms with Gasteiger partial charge in [0.2, 0.25) is 5.91 Å². The van der Waals surface area contributed by atoms with E-state index in [2.05, 4.69) is 20.5 Å². The zero-order valence-electron chi connectivity index (χ0n) is 9.77. The Hall–Kier alpha value is -2.83. The molecule has 19 heavy (non-hydrogen) atoms. The number of nitrogens with zero attached hydrogens (tertiary/aromatic N) is 1. The van der Waals surface area contributed by atoms with Crippen LogP contribution in [0.1, 0.15) is 5.69 Å². The maximum absolute atomic E-state index is 11.8. The molecule has 0 aliphatic rings. The Morgan fingerprint density at radius 2 is 2.26 bits per heavy atom. The minimum absolute atomic E-state index is 0.179. The van der Waals surface area contributed by atoms with Gasteiger partial charge in [0, 0.05) is 23.6 Å². The molecular weight excluding hydrogens is 248 g/mol. The number of carbonyl (C=O) groups is 1. The first-order valence-corrected chi connectivity index (χ1v) is 5.62. The van der Waals surface area contributed by atoms with Crippen LogP contribution in [0.15, 0.2) is 39.7 Å². The van der Waals surface area contributed by atoms with Gasteiger partial charge < -0.3 is 9.73 Å². The molecule has 96 valence electrons. The van der Waals surface area contributed by atoms with Crippen molar-refractivity contribution in [1.29, 1.82) is 0 Å². The van der Waals surface area contributed by atoms with Crippen LogP contribution in [-0.4, -0.2) is 21.1 Å². The zero-order chi connectivity index (χ0) is 13.2. The maximum Gasteiger partial charge on any atom is 0.417 e. The summed E-state index contributed by atoms with van der Waals surface area (Å²) < 4.78 is 4.92. The summed E-state index contributed by atoms with van der Waals surface area (Å²) in [5.41, 5.74) is 2.30. The highest BCUT2D eigenvalue weighted by molar-refractivity contribution is 5.93. The number of hydrogen-bond donors (Lipinski definition) is 3. The quantitative estimate of drug-likeness (QED) is 0.652. The third kappa shape index (κ3) is 2.39. The molecule has 7 heteroatoms. The molecule has 0 unspecified atom stereocenters. The molecule has 2 heterocycles. The number of nitrogens with one attached hydrogen (secondary N) is 3. The Morgan fingerprint density at radius 3 is 3.05 bits per heavy atom. The number of fused-ring (bicyclic) bond motifs is 1. The molecule has 0 aliphatic heterocycles. The smallest absolute Gasteiger partial charge is 0.408 e. The molecule has 0 saturated carbocycles. The van der Waals surface area contributed by atoms with Crippen molar-refractivity contribution in [1.82, 2.24) is 15.2 Å². The van der Waals surface area contributed by atoms with Gasteiger partial charge in [0.25, 0.3) is 0 Å². The van der Waals surface area contributed by atoms with E-state index in [4.69, 9.17) is 4.42 Å². The van der Waals surface area contributed by atoms with Crippen LogP contribution < -0.4 is 11.1 Å². The summed E-state index contributed by atoms with van der Waals surface area (Å²) in [7, 11) is 0. The van der Waals surface area contributed by atoms with Gasteiger partial charge >= 0.3 is 5.76 Å². The van der Waals surface area contributed by atoms with Crippen molar-refractivity contribution >= 4 is 22.7 Å². The zero-order valence-corrected chi connectivity index (χ0v) is 9.77. The van der Waals surface area contributed by atoms with Gasteiger partial charge in [-0.05, 0) is 18.2 Å². The van der Waals surface area contributed by atoms with E-state index >= 15 is 0 Å². The van der Waals surface area contributed by atoms with E-state index < -0.39 is 5.76 Å². The first-order chi connectivity index (χ1) is 9.20. The van der Waals surface area contributed by atoms with Crippen molar-refractivity contribution in [3.63, 3.8) is 0 Å². The molecule has 0 aliphatic carbocycles. The highest BCUT2D eigenvalue weighted by atomic mass is 16.4. The average molecular weight is 258 g/mol. The van der Waals surface area contributed by atoms with Gasteiger partial charge in [-0.15, -0.1) is 0 Å². The summed E-state index contributed by atoms with van der Waals surface area (Å²) in [6.07, 6.45) is 1.79. The van der Waals surface area contributed by atoms with Crippen LogP contribution in [0.2, 0.25) is 0 Å². The molecule has 7 nitrogen and oxygen atoms in total. The fraction of sp³-hybridized carbons (Fsp3) is 0.0833. The Balaban J connectivity index is 1.77.